The Bertz CT molecular complexity index is 483. The van der Waals surface area contributed by atoms with Gasteiger partial charge in [0.05, 0.1) is 7.11 Å². The highest BCUT2D eigenvalue weighted by molar-refractivity contribution is 5.43. The summed E-state index contributed by atoms with van der Waals surface area (Å²) in [5, 5.41) is 3.58. The lowest BCUT2D eigenvalue weighted by Gasteiger charge is -2.38. The van der Waals surface area contributed by atoms with Gasteiger partial charge in [0.15, 0.2) is 0 Å². The second-order valence-electron chi connectivity index (χ2n) is 7.45. The summed E-state index contributed by atoms with van der Waals surface area (Å²) < 4.78 is 5.45. The third-order valence-electron chi connectivity index (χ3n) is 5.28. The maximum atomic E-state index is 5.45. The van der Waals surface area contributed by atoms with Crippen molar-refractivity contribution in [2.75, 3.05) is 14.2 Å². The van der Waals surface area contributed by atoms with Crippen molar-refractivity contribution in [2.45, 2.75) is 59.4 Å². The minimum absolute atomic E-state index is 0.464. The van der Waals surface area contributed by atoms with E-state index in [2.05, 4.69) is 52.2 Å². The van der Waals surface area contributed by atoms with Crippen LogP contribution < -0.4 is 10.1 Å². The molecule has 1 unspecified atom stereocenters. The molecule has 1 N–H and O–H groups in total. The molecule has 1 fully saturated rings. The maximum Gasteiger partial charge on any atom is 0.122 e. The van der Waals surface area contributed by atoms with Crippen LogP contribution in [0.3, 0.4) is 0 Å². The maximum absolute atomic E-state index is 5.45. The van der Waals surface area contributed by atoms with Crippen LogP contribution in [-0.2, 0) is 0 Å². The average Bonchev–Trinajstić information content (AvgIpc) is 2.44. The van der Waals surface area contributed by atoms with Gasteiger partial charge >= 0.3 is 0 Å². The first-order valence-electron chi connectivity index (χ1n) is 8.20. The van der Waals surface area contributed by atoms with Crippen LogP contribution in [0, 0.1) is 25.2 Å². The monoisotopic (exact) mass is 289 g/mol. The number of methoxy groups -OCH3 is 1. The number of rotatable bonds is 4. The van der Waals surface area contributed by atoms with Crippen molar-refractivity contribution in [1.82, 2.24) is 5.32 Å². The Labute approximate surface area is 130 Å². The molecule has 0 amide bonds. The van der Waals surface area contributed by atoms with Crippen molar-refractivity contribution in [2.24, 2.45) is 11.3 Å². The molecule has 0 saturated heterocycles. The van der Waals surface area contributed by atoms with Gasteiger partial charge in [0.2, 0.25) is 0 Å². The van der Waals surface area contributed by atoms with Gasteiger partial charge in [0.1, 0.15) is 5.75 Å². The van der Waals surface area contributed by atoms with Gasteiger partial charge in [0.25, 0.3) is 0 Å². The fraction of sp³-hybridized carbons (Fsp3) is 0.684. The highest BCUT2D eigenvalue weighted by Crippen LogP contribution is 2.43. The van der Waals surface area contributed by atoms with Gasteiger partial charge in [0, 0.05) is 6.04 Å². The molecule has 0 heterocycles. The molecule has 0 spiro atoms. The van der Waals surface area contributed by atoms with E-state index < -0.39 is 0 Å². The lowest BCUT2D eigenvalue weighted by molar-refractivity contribution is 0.164. The first kappa shape index (κ1) is 16.4. The molecule has 1 atom stereocenters. The minimum atomic E-state index is 0.464. The molecule has 2 heteroatoms. The van der Waals surface area contributed by atoms with Gasteiger partial charge in [-0.1, -0.05) is 19.9 Å². The van der Waals surface area contributed by atoms with Gasteiger partial charge < -0.3 is 10.1 Å². The largest absolute Gasteiger partial charge is 0.496 e. The number of benzene rings is 1. The Morgan fingerprint density at radius 1 is 1.14 bits per heavy atom. The first-order valence-corrected chi connectivity index (χ1v) is 8.20. The molecule has 118 valence electrons. The van der Waals surface area contributed by atoms with E-state index >= 15 is 0 Å². The second-order valence-corrected chi connectivity index (χ2v) is 7.45. The third-order valence-corrected chi connectivity index (χ3v) is 5.28. The van der Waals surface area contributed by atoms with E-state index in [0.717, 1.165) is 11.7 Å². The van der Waals surface area contributed by atoms with Crippen molar-refractivity contribution in [3.05, 3.63) is 28.8 Å². The zero-order valence-corrected chi connectivity index (χ0v) is 14.5. The number of hydrogen-bond donors (Lipinski definition) is 1. The Hall–Kier alpha value is -1.02. The molecule has 0 aromatic heterocycles. The Balaban J connectivity index is 2.24. The van der Waals surface area contributed by atoms with Crippen molar-refractivity contribution in [3.63, 3.8) is 0 Å². The van der Waals surface area contributed by atoms with Crippen LogP contribution in [-0.4, -0.2) is 14.2 Å². The Kier molecular flexibility index (Phi) is 4.98. The van der Waals surface area contributed by atoms with Crippen molar-refractivity contribution in [3.8, 4) is 5.75 Å². The molecule has 1 aromatic carbocycles. The number of ether oxygens (including phenoxy) is 1. The molecule has 1 aromatic rings. The van der Waals surface area contributed by atoms with Crippen molar-refractivity contribution in [1.29, 1.82) is 0 Å². The minimum Gasteiger partial charge on any atom is -0.496 e. The summed E-state index contributed by atoms with van der Waals surface area (Å²) in [5.74, 6) is 1.74. The van der Waals surface area contributed by atoms with Gasteiger partial charge in [-0.05, 0) is 80.7 Å². The molecule has 1 saturated carbocycles. The molecule has 0 aliphatic heterocycles. The van der Waals surface area contributed by atoms with Crippen LogP contribution in [0.5, 0.6) is 5.75 Å². The molecule has 0 radical (unpaired) electrons. The van der Waals surface area contributed by atoms with Gasteiger partial charge in [-0.25, -0.2) is 0 Å². The summed E-state index contributed by atoms with van der Waals surface area (Å²) in [6.45, 7) is 9.15. The zero-order chi connectivity index (χ0) is 15.6. The topological polar surface area (TPSA) is 21.3 Å². The summed E-state index contributed by atoms with van der Waals surface area (Å²) in [5.41, 5.74) is 4.54. The molecule has 21 heavy (non-hydrogen) atoms. The molecule has 2 nitrogen and oxygen atoms in total. The summed E-state index contributed by atoms with van der Waals surface area (Å²) in [6, 6.07) is 4.96. The standard InChI is InChI=1S/C19H31NO/c1-13-12-17(21-6)14(2)11-16(13)18(20-5)15-7-9-19(3,4)10-8-15/h11-12,15,18,20H,7-10H2,1-6H3. The predicted octanol–water partition coefficient (Wildman–Crippen LogP) is 4.79. The summed E-state index contributed by atoms with van der Waals surface area (Å²) in [6.07, 6.45) is 5.32. The normalized spacial score (nSPS) is 20.3. The van der Waals surface area contributed by atoms with Crippen LogP contribution in [0.1, 0.15) is 62.3 Å². The fourth-order valence-corrected chi connectivity index (χ4v) is 3.77. The zero-order valence-electron chi connectivity index (χ0n) is 14.5. The quantitative estimate of drug-likeness (QED) is 0.860. The van der Waals surface area contributed by atoms with Crippen molar-refractivity contribution < 1.29 is 4.74 Å². The Morgan fingerprint density at radius 3 is 2.29 bits per heavy atom. The second kappa shape index (κ2) is 6.39. The molecule has 1 aliphatic rings. The lowest BCUT2D eigenvalue weighted by Crippen LogP contribution is -2.31. The molecular formula is C19H31NO. The highest BCUT2D eigenvalue weighted by Gasteiger charge is 2.32. The number of nitrogens with one attached hydrogen (secondary N) is 1. The third kappa shape index (κ3) is 3.60. The fourth-order valence-electron chi connectivity index (χ4n) is 3.77. The average molecular weight is 289 g/mol. The van der Waals surface area contributed by atoms with Crippen LogP contribution in [0.2, 0.25) is 0 Å². The molecule has 1 aliphatic carbocycles. The summed E-state index contributed by atoms with van der Waals surface area (Å²) in [7, 11) is 3.85. The van der Waals surface area contributed by atoms with Crippen molar-refractivity contribution >= 4 is 0 Å². The van der Waals surface area contributed by atoms with Crippen LogP contribution in [0.15, 0.2) is 12.1 Å². The van der Waals surface area contributed by atoms with E-state index in [4.69, 9.17) is 4.74 Å². The van der Waals surface area contributed by atoms with E-state index in [1.54, 1.807) is 7.11 Å². The lowest BCUT2D eigenvalue weighted by atomic mass is 9.70. The molecule has 0 bridgehead atoms. The van der Waals surface area contributed by atoms with E-state index in [9.17, 15) is 0 Å². The van der Waals surface area contributed by atoms with Crippen LogP contribution >= 0.6 is 0 Å². The Morgan fingerprint density at radius 2 is 1.76 bits per heavy atom. The summed E-state index contributed by atoms with van der Waals surface area (Å²) >= 11 is 0. The first-order chi connectivity index (χ1) is 9.88. The van der Waals surface area contributed by atoms with Gasteiger partial charge in [-0.2, -0.15) is 0 Å². The smallest absolute Gasteiger partial charge is 0.122 e. The van der Waals surface area contributed by atoms with Crippen LogP contribution in [0.4, 0.5) is 0 Å². The molecular weight excluding hydrogens is 258 g/mol. The van der Waals surface area contributed by atoms with E-state index in [1.165, 1.54) is 42.4 Å². The SMILES string of the molecule is CNC(c1cc(C)c(OC)cc1C)C1CCC(C)(C)CC1. The highest BCUT2D eigenvalue weighted by atomic mass is 16.5. The molecule has 2 rings (SSSR count). The van der Waals surface area contributed by atoms with E-state index in [-0.39, 0.29) is 0 Å². The predicted molar refractivity (Wildman–Crippen MR) is 90.0 cm³/mol. The number of hydrogen-bond acceptors (Lipinski definition) is 2. The van der Waals surface area contributed by atoms with Crippen LogP contribution in [0.25, 0.3) is 0 Å². The van der Waals surface area contributed by atoms with E-state index in [0.29, 0.717) is 11.5 Å². The van der Waals surface area contributed by atoms with E-state index in [1.807, 2.05) is 0 Å². The summed E-state index contributed by atoms with van der Waals surface area (Å²) in [4.78, 5) is 0. The van der Waals surface area contributed by atoms with Gasteiger partial charge in [-0.15, -0.1) is 0 Å². The van der Waals surface area contributed by atoms with Gasteiger partial charge in [-0.3, -0.25) is 0 Å². The number of aryl methyl sites for hydroxylation is 2.